The number of rotatable bonds is 6. The summed E-state index contributed by atoms with van der Waals surface area (Å²) in [7, 11) is 0. The number of benzene rings is 1. The van der Waals surface area contributed by atoms with Gasteiger partial charge >= 0.3 is 0 Å². The van der Waals surface area contributed by atoms with Gasteiger partial charge in [-0.1, -0.05) is 23.7 Å². The van der Waals surface area contributed by atoms with Crippen molar-refractivity contribution in [2.24, 2.45) is 11.7 Å². The number of nitrogens with two attached hydrogens (primary N) is 1. The van der Waals surface area contributed by atoms with E-state index in [2.05, 4.69) is 5.32 Å². The number of halogens is 2. The second kappa shape index (κ2) is 10.5. The Bertz CT molecular complexity index is 537. The second-order valence-corrected chi connectivity index (χ2v) is 6.32. The molecule has 0 radical (unpaired) electrons. The number of nitrogens with zero attached hydrogens (tertiary/aromatic N) is 1. The summed E-state index contributed by atoms with van der Waals surface area (Å²) in [6, 6.07) is 7.55. The summed E-state index contributed by atoms with van der Waals surface area (Å²) < 4.78 is 0. The molecular formula is C17H25Cl2N3O2. The molecule has 7 heteroatoms. The third-order valence-electron chi connectivity index (χ3n) is 4.13. The van der Waals surface area contributed by atoms with E-state index in [0.29, 0.717) is 37.5 Å². The van der Waals surface area contributed by atoms with Gasteiger partial charge in [0.1, 0.15) is 0 Å². The summed E-state index contributed by atoms with van der Waals surface area (Å²) >= 11 is 5.86. The molecule has 0 aliphatic carbocycles. The maximum absolute atomic E-state index is 12.4. The highest BCUT2D eigenvalue weighted by Gasteiger charge is 2.27. The van der Waals surface area contributed by atoms with Crippen molar-refractivity contribution in [2.75, 3.05) is 26.2 Å². The summed E-state index contributed by atoms with van der Waals surface area (Å²) in [5.74, 6) is -0.00305. The van der Waals surface area contributed by atoms with Crippen molar-refractivity contribution in [3.8, 4) is 0 Å². The predicted octanol–water partition coefficient (Wildman–Crippen LogP) is 2.01. The first-order valence-corrected chi connectivity index (χ1v) is 8.48. The molecule has 2 rings (SSSR count). The van der Waals surface area contributed by atoms with Crippen molar-refractivity contribution in [2.45, 2.75) is 25.7 Å². The first-order valence-electron chi connectivity index (χ1n) is 8.10. The van der Waals surface area contributed by atoms with Crippen LogP contribution in [0.5, 0.6) is 0 Å². The number of aryl methyl sites for hydroxylation is 1. The van der Waals surface area contributed by atoms with Crippen LogP contribution in [0.1, 0.15) is 24.8 Å². The van der Waals surface area contributed by atoms with Crippen LogP contribution in [0.25, 0.3) is 0 Å². The van der Waals surface area contributed by atoms with Gasteiger partial charge in [0.05, 0.1) is 5.92 Å². The molecule has 134 valence electrons. The fraction of sp³-hybridized carbons (Fsp3) is 0.529. The van der Waals surface area contributed by atoms with Crippen LogP contribution in [-0.2, 0) is 16.0 Å². The van der Waals surface area contributed by atoms with Crippen molar-refractivity contribution in [3.05, 3.63) is 34.9 Å². The van der Waals surface area contributed by atoms with E-state index in [1.807, 2.05) is 29.2 Å². The first-order chi connectivity index (χ1) is 11.1. The Morgan fingerprint density at radius 1 is 1.29 bits per heavy atom. The van der Waals surface area contributed by atoms with Crippen LogP contribution in [0, 0.1) is 5.92 Å². The van der Waals surface area contributed by atoms with Gasteiger partial charge in [-0.3, -0.25) is 9.59 Å². The molecule has 0 saturated carbocycles. The fourth-order valence-electron chi connectivity index (χ4n) is 2.82. The van der Waals surface area contributed by atoms with Gasteiger partial charge < -0.3 is 16.0 Å². The number of hydrogen-bond acceptors (Lipinski definition) is 3. The zero-order valence-electron chi connectivity index (χ0n) is 13.7. The van der Waals surface area contributed by atoms with Gasteiger partial charge in [0.2, 0.25) is 11.8 Å². The molecule has 2 amide bonds. The van der Waals surface area contributed by atoms with Crippen molar-refractivity contribution < 1.29 is 9.59 Å². The number of amides is 2. The van der Waals surface area contributed by atoms with E-state index < -0.39 is 0 Å². The lowest BCUT2D eigenvalue weighted by Crippen LogP contribution is -2.46. The zero-order valence-corrected chi connectivity index (χ0v) is 15.2. The van der Waals surface area contributed by atoms with E-state index in [1.54, 1.807) is 0 Å². The SMILES string of the molecule is Cl.NCCNC(=O)C1CCCN(C(=O)CCc2ccc(Cl)cc2)C1. The largest absolute Gasteiger partial charge is 0.355 e. The fourth-order valence-corrected chi connectivity index (χ4v) is 2.94. The number of carbonyl (C=O) groups is 2. The van der Waals surface area contributed by atoms with E-state index in [0.717, 1.165) is 24.9 Å². The molecule has 0 bridgehead atoms. The highest BCUT2D eigenvalue weighted by Crippen LogP contribution is 2.18. The van der Waals surface area contributed by atoms with Gasteiger partial charge in [0, 0.05) is 37.6 Å². The molecule has 1 unspecified atom stereocenters. The molecule has 1 saturated heterocycles. The summed E-state index contributed by atoms with van der Waals surface area (Å²) in [5, 5.41) is 3.51. The van der Waals surface area contributed by atoms with Gasteiger partial charge in [-0.25, -0.2) is 0 Å². The first kappa shape index (κ1) is 20.7. The Labute approximate surface area is 154 Å². The van der Waals surface area contributed by atoms with Gasteiger partial charge in [-0.05, 0) is 37.0 Å². The van der Waals surface area contributed by atoms with Gasteiger partial charge in [-0.15, -0.1) is 12.4 Å². The highest BCUT2D eigenvalue weighted by molar-refractivity contribution is 6.30. The smallest absolute Gasteiger partial charge is 0.224 e. The van der Waals surface area contributed by atoms with Gasteiger partial charge in [0.25, 0.3) is 0 Å². The van der Waals surface area contributed by atoms with Crippen LogP contribution in [0.2, 0.25) is 5.02 Å². The minimum absolute atomic E-state index is 0. The Morgan fingerprint density at radius 3 is 2.67 bits per heavy atom. The highest BCUT2D eigenvalue weighted by atomic mass is 35.5. The van der Waals surface area contributed by atoms with Crippen molar-refractivity contribution in [1.82, 2.24) is 10.2 Å². The van der Waals surface area contributed by atoms with Crippen molar-refractivity contribution in [1.29, 1.82) is 0 Å². The molecule has 0 spiro atoms. The molecule has 3 N–H and O–H groups in total. The van der Waals surface area contributed by atoms with E-state index in [9.17, 15) is 9.59 Å². The van der Waals surface area contributed by atoms with Crippen molar-refractivity contribution in [3.63, 3.8) is 0 Å². The summed E-state index contributed by atoms with van der Waals surface area (Å²) in [6.45, 7) is 2.16. The third kappa shape index (κ3) is 6.30. The topological polar surface area (TPSA) is 75.4 Å². The molecule has 1 fully saturated rings. The Kier molecular flexibility index (Phi) is 9.11. The van der Waals surface area contributed by atoms with E-state index in [1.165, 1.54) is 0 Å². The molecule has 24 heavy (non-hydrogen) atoms. The summed E-state index contributed by atoms with van der Waals surface area (Å²) in [5.41, 5.74) is 6.49. The van der Waals surface area contributed by atoms with Crippen LogP contribution < -0.4 is 11.1 Å². The quantitative estimate of drug-likeness (QED) is 0.800. The minimum atomic E-state index is -0.116. The molecule has 5 nitrogen and oxygen atoms in total. The third-order valence-corrected chi connectivity index (χ3v) is 4.38. The van der Waals surface area contributed by atoms with E-state index in [-0.39, 0.29) is 30.1 Å². The Hall–Kier alpha value is -1.30. The van der Waals surface area contributed by atoms with Crippen molar-refractivity contribution >= 4 is 35.8 Å². The molecule has 0 aromatic heterocycles. The lowest BCUT2D eigenvalue weighted by atomic mass is 9.96. The maximum atomic E-state index is 12.4. The van der Waals surface area contributed by atoms with Crippen LogP contribution in [0.15, 0.2) is 24.3 Å². The Morgan fingerprint density at radius 2 is 2.00 bits per heavy atom. The zero-order chi connectivity index (χ0) is 16.7. The molecule has 1 aromatic carbocycles. The predicted molar refractivity (Wildman–Crippen MR) is 98.4 cm³/mol. The van der Waals surface area contributed by atoms with E-state index in [4.69, 9.17) is 17.3 Å². The number of likely N-dealkylation sites (tertiary alicyclic amines) is 1. The molecule has 1 aliphatic rings. The lowest BCUT2D eigenvalue weighted by Gasteiger charge is -2.32. The molecule has 1 aliphatic heterocycles. The Balaban J connectivity index is 0.00000288. The average Bonchev–Trinajstić information content (AvgIpc) is 2.59. The molecule has 1 atom stereocenters. The number of hydrogen-bond donors (Lipinski definition) is 2. The standard InChI is InChI=1S/C17H24ClN3O2.ClH/c18-15-6-3-13(4-7-15)5-8-16(22)21-11-1-2-14(12-21)17(23)20-10-9-19;/h3-4,6-7,14H,1-2,5,8-12,19H2,(H,20,23);1H. The van der Waals surface area contributed by atoms with Crippen LogP contribution >= 0.6 is 24.0 Å². The number of piperidine rings is 1. The summed E-state index contributed by atoms with van der Waals surface area (Å²) in [6.07, 6.45) is 2.85. The molecule has 1 heterocycles. The monoisotopic (exact) mass is 373 g/mol. The number of carbonyl (C=O) groups excluding carboxylic acids is 2. The normalized spacial score (nSPS) is 17.1. The molecule has 1 aromatic rings. The maximum Gasteiger partial charge on any atom is 0.224 e. The van der Waals surface area contributed by atoms with Crippen LogP contribution in [0.4, 0.5) is 0 Å². The lowest BCUT2D eigenvalue weighted by molar-refractivity contribution is -0.135. The van der Waals surface area contributed by atoms with Gasteiger partial charge in [-0.2, -0.15) is 0 Å². The molecular weight excluding hydrogens is 349 g/mol. The van der Waals surface area contributed by atoms with Gasteiger partial charge in [0.15, 0.2) is 0 Å². The average molecular weight is 374 g/mol. The van der Waals surface area contributed by atoms with Crippen LogP contribution in [-0.4, -0.2) is 42.9 Å². The van der Waals surface area contributed by atoms with E-state index >= 15 is 0 Å². The summed E-state index contributed by atoms with van der Waals surface area (Å²) in [4.78, 5) is 26.2. The number of nitrogens with one attached hydrogen (secondary N) is 1. The minimum Gasteiger partial charge on any atom is -0.355 e. The van der Waals surface area contributed by atoms with Crippen LogP contribution in [0.3, 0.4) is 0 Å². The second-order valence-electron chi connectivity index (χ2n) is 5.89.